The molecule has 1 aliphatic carbocycles. The number of aromatic nitrogens is 1. The van der Waals surface area contributed by atoms with Crippen LogP contribution in [0, 0.1) is 5.92 Å². The Morgan fingerprint density at radius 1 is 1.53 bits per heavy atom. The topological polar surface area (TPSA) is 19.4 Å². The monoisotopic (exact) mass is 343 g/mol. The minimum Gasteiger partial charge on any atom is -0.350 e. The van der Waals surface area contributed by atoms with Crippen LogP contribution in [0.5, 0.6) is 0 Å². The molecule has 0 atom stereocenters. The van der Waals surface area contributed by atoms with E-state index in [1.807, 2.05) is 12.3 Å². The van der Waals surface area contributed by atoms with Crippen molar-refractivity contribution in [2.75, 3.05) is 32.1 Å². The maximum Gasteiger partial charge on any atom is 0.147 e. The molecular formula is C14H19BrClN3. The normalized spacial score (nSPS) is 29.5. The first-order valence-corrected chi connectivity index (χ1v) is 7.91. The van der Waals surface area contributed by atoms with Gasteiger partial charge < -0.3 is 9.80 Å². The van der Waals surface area contributed by atoms with Gasteiger partial charge in [0.2, 0.25) is 0 Å². The van der Waals surface area contributed by atoms with Gasteiger partial charge in [0.15, 0.2) is 0 Å². The fourth-order valence-corrected chi connectivity index (χ4v) is 4.29. The summed E-state index contributed by atoms with van der Waals surface area (Å²) >= 11 is 9.73. The summed E-state index contributed by atoms with van der Waals surface area (Å²) in [6.07, 6.45) is 5.67. The summed E-state index contributed by atoms with van der Waals surface area (Å²) < 4.78 is 0.940. The summed E-state index contributed by atoms with van der Waals surface area (Å²) in [6, 6.07) is 1.94. The summed E-state index contributed by atoms with van der Waals surface area (Å²) in [7, 11) is 4.30. The molecule has 0 amide bonds. The van der Waals surface area contributed by atoms with Crippen molar-refractivity contribution < 1.29 is 0 Å². The molecule has 1 saturated heterocycles. The molecule has 2 aliphatic rings. The minimum atomic E-state index is 0.352. The van der Waals surface area contributed by atoms with E-state index in [0.717, 1.165) is 27.8 Å². The van der Waals surface area contributed by atoms with E-state index in [1.54, 1.807) is 0 Å². The van der Waals surface area contributed by atoms with Crippen LogP contribution in [0.3, 0.4) is 0 Å². The van der Waals surface area contributed by atoms with Crippen LogP contribution in [0.1, 0.15) is 19.3 Å². The predicted octanol–water partition coefficient (Wildman–Crippen LogP) is 3.42. The number of hydrogen-bond acceptors (Lipinski definition) is 3. The van der Waals surface area contributed by atoms with Crippen molar-refractivity contribution >= 4 is 33.3 Å². The Kier molecular flexibility index (Phi) is 3.52. The van der Waals surface area contributed by atoms with Gasteiger partial charge in [-0.2, -0.15) is 0 Å². The zero-order chi connectivity index (χ0) is 13.6. The van der Waals surface area contributed by atoms with Gasteiger partial charge in [0.05, 0.1) is 5.02 Å². The van der Waals surface area contributed by atoms with Crippen LogP contribution in [-0.4, -0.2) is 42.6 Å². The molecule has 1 aromatic heterocycles. The standard InChI is InChI=1S/C14H19BrClN3/c1-18(2)9-10-6-14(7-10)3-4-19(14)13-12(16)5-11(15)8-17-13/h5,8,10H,3-4,6-7,9H2,1-2H3. The highest BCUT2D eigenvalue weighted by atomic mass is 79.9. The molecule has 19 heavy (non-hydrogen) atoms. The van der Waals surface area contributed by atoms with E-state index in [2.05, 4.69) is 44.8 Å². The average molecular weight is 345 g/mol. The van der Waals surface area contributed by atoms with E-state index in [4.69, 9.17) is 11.6 Å². The zero-order valence-electron chi connectivity index (χ0n) is 11.4. The first-order valence-electron chi connectivity index (χ1n) is 6.74. The van der Waals surface area contributed by atoms with Gasteiger partial charge in [0.25, 0.3) is 0 Å². The quantitative estimate of drug-likeness (QED) is 0.837. The van der Waals surface area contributed by atoms with Crippen molar-refractivity contribution in [2.45, 2.75) is 24.8 Å². The first-order chi connectivity index (χ1) is 9.00. The van der Waals surface area contributed by atoms with E-state index in [-0.39, 0.29) is 0 Å². The first kappa shape index (κ1) is 13.7. The van der Waals surface area contributed by atoms with Crippen molar-refractivity contribution in [1.82, 2.24) is 9.88 Å². The molecule has 2 fully saturated rings. The Balaban J connectivity index is 1.71. The highest BCUT2D eigenvalue weighted by molar-refractivity contribution is 9.10. The summed E-state index contributed by atoms with van der Waals surface area (Å²) in [6.45, 7) is 2.28. The lowest BCUT2D eigenvalue weighted by Crippen LogP contribution is -2.68. The predicted molar refractivity (Wildman–Crippen MR) is 82.9 cm³/mol. The number of halogens is 2. The van der Waals surface area contributed by atoms with Crippen LogP contribution in [0.25, 0.3) is 0 Å². The molecule has 1 spiro atoms. The number of pyridine rings is 1. The lowest BCUT2D eigenvalue weighted by molar-refractivity contribution is 0.0611. The van der Waals surface area contributed by atoms with E-state index in [9.17, 15) is 0 Å². The summed E-state index contributed by atoms with van der Waals surface area (Å²) in [5.41, 5.74) is 0.352. The second-order valence-corrected chi connectivity index (χ2v) is 7.44. The number of hydrogen-bond donors (Lipinski definition) is 0. The molecule has 0 unspecified atom stereocenters. The molecule has 3 rings (SSSR count). The van der Waals surface area contributed by atoms with Gasteiger partial charge in [0, 0.05) is 29.3 Å². The van der Waals surface area contributed by atoms with Crippen LogP contribution in [0.15, 0.2) is 16.7 Å². The molecule has 0 bridgehead atoms. The van der Waals surface area contributed by atoms with Crippen molar-refractivity contribution in [3.05, 3.63) is 21.8 Å². The molecule has 0 aromatic carbocycles. The molecule has 1 aliphatic heterocycles. The third-order valence-corrected chi connectivity index (χ3v) is 5.09. The maximum absolute atomic E-state index is 6.32. The average Bonchev–Trinajstić information content (AvgIpc) is 2.24. The third kappa shape index (κ3) is 2.39. The number of rotatable bonds is 3. The van der Waals surface area contributed by atoms with Crippen molar-refractivity contribution in [1.29, 1.82) is 0 Å². The number of nitrogens with zero attached hydrogens (tertiary/aromatic N) is 3. The van der Waals surface area contributed by atoms with E-state index in [1.165, 1.54) is 25.8 Å². The van der Waals surface area contributed by atoms with E-state index in [0.29, 0.717) is 5.54 Å². The molecule has 0 radical (unpaired) electrons. The number of anilines is 1. The Morgan fingerprint density at radius 2 is 2.26 bits per heavy atom. The molecule has 3 nitrogen and oxygen atoms in total. The largest absolute Gasteiger partial charge is 0.350 e. The lowest BCUT2D eigenvalue weighted by atomic mass is 9.61. The highest BCUT2D eigenvalue weighted by Crippen LogP contribution is 2.53. The van der Waals surface area contributed by atoms with Crippen LogP contribution in [0.2, 0.25) is 5.02 Å². The Morgan fingerprint density at radius 3 is 2.79 bits per heavy atom. The maximum atomic E-state index is 6.32. The Bertz CT molecular complexity index is 486. The van der Waals surface area contributed by atoms with Crippen molar-refractivity contribution in [3.63, 3.8) is 0 Å². The molecule has 1 aromatic rings. The lowest BCUT2D eigenvalue weighted by Gasteiger charge is -2.62. The van der Waals surface area contributed by atoms with Gasteiger partial charge in [-0.25, -0.2) is 4.98 Å². The Labute approximate surface area is 128 Å². The smallest absolute Gasteiger partial charge is 0.147 e. The minimum absolute atomic E-state index is 0.352. The highest BCUT2D eigenvalue weighted by Gasteiger charge is 2.54. The molecule has 5 heteroatoms. The molecule has 104 valence electrons. The van der Waals surface area contributed by atoms with E-state index < -0.39 is 0 Å². The fraction of sp³-hybridized carbons (Fsp3) is 0.643. The molecular weight excluding hydrogens is 326 g/mol. The van der Waals surface area contributed by atoms with Gasteiger partial charge >= 0.3 is 0 Å². The van der Waals surface area contributed by atoms with Gasteiger partial charge in [-0.15, -0.1) is 0 Å². The van der Waals surface area contributed by atoms with Crippen molar-refractivity contribution in [3.8, 4) is 0 Å². The molecule has 0 N–H and O–H groups in total. The molecule has 1 saturated carbocycles. The molecule has 2 heterocycles. The van der Waals surface area contributed by atoms with Crippen LogP contribution in [-0.2, 0) is 0 Å². The fourth-order valence-electron chi connectivity index (χ4n) is 3.56. The summed E-state index contributed by atoms with van der Waals surface area (Å²) in [5, 5.41) is 0.754. The van der Waals surface area contributed by atoms with Gasteiger partial charge in [0.1, 0.15) is 5.82 Å². The second-order valence-electron chi connectivity index (χ2n) is 6.12. The zero-order valence-corrected chi connectivity index (χ0v) is 13.7. The van der Waals surface area contributed by atoms with Crippen LogP contribution in [0.4, 0.5) is 5.82 Å². The van der Waals surface area contributed by atoms with Gasteiger partial charge in [-0.05, 0) is 61.3 Å². The summed E-state index contributed by atoms with van der Waals surface area (Å²) in [5.74, 6) is 1.78. The van der Waals surface area contributed by atoms with Gasteiger partial charge in [-0.1, -0.05) is 11.6 Å². The summed E-state index contributed by atoms with van der Waals surface area (Å²) in [4.78, 5) is 9.19. The van der Waals surface area contributed by atoms with Gasteiger partial charge in [-0.3, -0.25) is 0 Å². The van der Waals surface area contributed by atoms with E-state index >= 15 is 0 Å². The second kappa shape index (κ2) is 4.90. The SMILES string of the molecule is CN(C)CC1CC2(CCN2c2ncc(Br)cc2Cl)C1. The van der Waals surface area contributed by atoms with Crippen molar-refractivity contribution in [2.24, 2.45) is 5.92 Å². The van der Waals surface area contributed by atoms with Crippen LogP contribution < -0.4 is 4.90 Å². The van der Waals surface area contributed by atoms with Crippen LogP contribution >= 0.6 is 27.5 Å². The third-order valence-electron chi connectivity index (χ3n) is 4.38. The Hall–Kier alpha value is -0.320.